The normalized spacial score (nSPS) is 14.6. The van der Waals surface area contributed by atoms with Gasteiger partial charge in [-0.2, -0.15) is 0 Å². The lowest BCUT2D eigenvalue weighted by molar-refractivity contribution is -0.136. The van der Waals surface area contributed by atoms with Gasteiger partial charge in [0.1, 0.15) is 6.42 Å². The zero-order valence-electron chi connectivity index (χ0n) is 15.2. The van der Waals surface area contributed by atoms with Crippen molar-refractivity contribution in [3.63, 3.8) is 0 Å². The Kier molecular flexibility index (Phi) is 7.57. The van der Waals surface area contributed by atoms with E-state index in [1.54, 1.807) is 14.2 Å². The smallest absolute Gasteiger partial charge is 0.232 e. The van der Waals surface area contributed by atoms with Crippen LogP contribution in [0.3, 0.4) is 0 Å². The Labute approximate surface area is 149 Å². The van der Waals surface area contributed by atoms with Crippen LogP contribution in [-0.2, 0) is 16.0 Å². The molecule has 0 bridgehead atoms. The summed E-state index contributed by atoms with van der Waals surface area (Å²) in [5, 5.41) is 2.82. The summed E-state index contributed by atoms with van der Waals surface area (Å²) in [6.45, 7) is 2.04. The molecule has 0 saturated carbocycles. The zero-order chi connectivity index (χ0) is 18.1. The van der Waals surface area contributed by atoms with Crippen LogP contribution in [0.4, 0.5) is 0 Å². The maximum absolute atomic E-state index is 12.2. The third-order valence-electron chi connectivity index (χ3n) is 4.45. The summed E-state index contributed by atoms with van der Waals surface area (Å²) in [5.74, 6) is 1.07. The quantitative estimate of drug-likeness (QED) is 0.767. The molecule has 1 N–H and O–H groups in total. The maximum atomic E-state index is 12.2. The van der Waals surface area contributed by atoms with Gasteiger partial charge in [0.05, 0.1) is 14.2 Å². The van der Waals surface area contributed by atoms with E-state index in [4.69, 9.17) is 9.47 Å². The van der Waals surface area contributed by atoms with Crippen molar-refractivity contribution < 1.29 is 19.1 Å². The van der Waals surface area contributed by atoms with Crippen molar-refractivity contribution in [2.45, 2.75) is 38.5 Å². The molecular formula is C19H28N2O4. The third-order valence-corrected chi connectivity index (χ3v) is 4.45. The standard InChI is InChI=1S/C19H28N2O4/c1-24-16-8-7-15(13-17(16)25-2)9-10-20-18(22)14-19(23)21-11-5-3-4-6-12-21/h7-8,13H,3-6,9-12,14H2,1-2H3,(H,20,22). The summed E-state index contributed by atoms with van der Waals surface area (Å²) < 4.78 is 10.5. The van der Waals surface area contributed by atoms with Gasteiger partial charge in [-0.15, -0.1) is 0 Å². The van der Waals surface area contributed by atoms with Crippen molar-refractivity contribution in [2.24, 2.45) is 0 Å². The monoisotopic (exact) mass is 348 g/mol. The first-order valence-electron chi connectivity index (χ1n) is 8.89. The molecule has 1 fully saturated rings. The van der Waals surface area contributed by atoms with Gasteiger partial charge in [0.15, 0.2) is 11.5 Å². The van der Waals surface area contributed by atoms with Gasteiger partial charge in [0.25, 0.3) is 0 Å². The number of hydrogen-bond acceptors (Lipinski definition) is 4. The van der Waals surface area contributed by atoms with Crippen molar-refractivity contribution in [1.29, 1.82) is 0 Å². The SMILES string of the molecule is COc1ccc(CCNC(=O)CC(=O)N2CCCCCC2)cc1OC. The number of nitrogens with one attached hydrogen (secondary N) is 1. The minimum absolute atomic E-state index is 0.0636. The molecule has 1 heterocycles. The Morgan fingerprint density at radius 1 is 1.04 bits per heavy atom. The first-order chi connectivity index (χ1) is 12.1. The van der Waals surface area contributed by atoms with E-state index in [0.717, 1.165) is 31.5 Å². The van der Waals surface area contributed by atoms with E-state index in [2.05, 4.69) is 5.32 Å². The van der Waals surface area contributed by atoms with E-state index in [1.807, 2.05) is 23.1 Å². The predicted octanol–water partition coefficient (Wildman–Crippen LogP) is 2.16. The molecule has 2 rings (SSSR count). The van der Waals surface area contributed by atoms with Crippen molar-refractivity contribution in [1.82, 2.24) is 10.2 Å². The second-order valence-electron chi connectivity index (χ2n) is 6.26. The Balaban J connectivity index is 1.75. The minimum atomic E-state index is -0.213. The van der Waals surface area contributed by atoms with E-state index < -0.39 is 0 Å². The summed E-state index contributed by atoms with van der Waals surface area (Å²) in [4.78, 5) is 26.0. The molecule has 1 saturated heterocycles. The molecule has 6 heteroatoms. The highest BCUT2D eigenvalue weighted by molar-refractivity contribution is 5.96. The number of hydrogen-bond donors (Lipinski definition) is 1. The van der Waals surface area contributed by atoms with Gasteiger partial charge in [-0.05, 0) is 37.0 Å². The Morgan fingerprint density at radius 3 is 2.36 bits per heavy atom. The van der Waals surface area contributed by atoms with Crippen molar-refractivity contribution in [3.8, 4) is 11.5 Å². The average molecular weight is 348 g/mol. The molecule has 25 heavy (non-hydrogen) atoms. The second-order valence-corrected chi connectivity index (χ2v) is 6.26. The number of ether oxygens (including phenoxy) is 2. The Morgan fingerprint density at radius 2 is 1.72 bits per heavy atom. The van der Waals surface area contributed by atoms with Crippen LogP contribution in [0.25, 0.3) is 0 Å². The van der Waals surface area contributed by atoms with Gasteiger partial charge >= 0.3 is 0 Å². The number of rotatable bonds is 7. The van der Waals surface area contributed by atoms with E-state index in [9.17, 15) is 9.59 Å². The fourth-order valence-corrected chi connectivity index (χ4v) is 3.01. The molecule has 0 spiro atoms. The van der Waals surface area contributed by atoms with E-state index in [-0.39, 0.29) is 18.2 Å². The van der Waals surface area contributed by atoms with Gasteiger partial charge in [-0.1, -0.05) is 18.9 Å². The molecule has 2 amide bonds. The topological polar surface area (TPSA) is 67.9 Å². The van der Waals surface area contributed by atoms with E-state index in [1.165, 1.54) is 12.8 Å². The zero-order valence-corrected chi connectivity index (χ0v) is 15.2. The molecule has 1 aromatic carbocycles. The van der Waals surface area contributed by atoms with Crippen LogP contribution in [0.2, 0.25) is 0 Å². The van der Waals surface area contributed by atoms with Crippen LogP contribution in [0.5, 0.6) is 11.5 Å². The molecule has 6 nitrogen and oxygen atoms in total. The minimum Gasteiger partial charge on any atom is -0.493 e. The Hall–Kier alpha value is -2.24. The molecule has 0 aliphatic carbocycles. The lowest BCUT2D eigenvalue weighted by atomic mass is 10.1. The second kappa shape index (κ2) is 9.91. The van der Waals surface area contributed by atoms with Crippen molar-refractivity contribution in [3.05, 3.63) is 23.8 Å². The summed E-state index contributed by atoms with van der Waals surface area (Å²) >= 11 is 0. The number of amides is 2. The first-order valence-corrected chi connectivity index (χ1v) is 8.89. The number of methoxy groups -OCH3 is 2. The third kappa shape index (κ3) is 5.96. The number of benzene rings is 1. The van der Waals surface area contributed by atoms with Crippen LogP contribution >= 0.6 is 0 Å². The lowest BCUT2D eigenvalue weighted by Gasteiger charge is -2.19. The molecule has 0 unspecified atom stereocenters. The van der Waals surface area contributed by atoms with Crippen LogP contribution in [0.15, 0.2) is 18.2 Å². The maximum Gasteiger partial charge on any atom is 0.232 e. The summed E-state index contributed by atoms with van der Waals surface area (Å²) in [5.41, 5.74) is 1.04. The van der Waals surface area contributed by atoms with Gasteiger partial charge in [0, 0.05) is 19.6 Å². The first kappa shape index (κ1) is 19.1. The van der Waals surface area contributed by atoms with Crippen LogP contribution in [-0.4, -0.2) is 50.6 Å². The molecule has 138 valence electrons. The largest absolute Gasteiger partial charge is 0.493 e. The van der Waals surface area contributed by atoms with Crippen molar-refractivity contribution in [2.75, 3.05) is 33.9 Å². The van der Waals surface area contributed by atoms with Crippen LogP contribution < -0.4 is 14.8 Å². The fraction of sp³-hybridized carbons (Fsp3) is 0.579. The van der Waals surface area contributed by atoms with Gasteiger partial charge in [0.2, 0.25) is 11.8 Å². The highest BCUT2D eigenvalue weighted by Gasteiger charge is 2.18. The summed E-state index contributed by atoms with van der Waals surface area (Å²) in [7, 11) is 3.19. The number of nitrogens with zero attached hydrogens (tertiary/aromatic N) is 1. The molecular weight excluding hydrogens is 320 g/mol. The summed E-state index contributed by atoms with van der Waals surface area (Å²) in [6, 6.07) is 5.68. The number of carbonyl (C=O) groups excluding carboxylic acids is 2. The Bertz CT molecular complexity index is 581. The lowest BCUT2D eigenvalue weighted by Crippen LogP contribution is -2.36. The number of likely N-dealkylation sites (tertiary alicyclic amines) is 1. The molecule has 0 aromatic heterocycles. The van der Waals surface area contributed by atoms with Gasteiger partial charge in [-0.3, -0.25) is 9.59 Å². The van der Waals surface area contributed by atoms with Crippen LogP contribution in [0, 0.1) is 0 Å². The molecule has 1 aromatic rings. The summed E-state index contributed by atoms with van der Waals surface area (Å²) in [6.07, 6.45) is 5.01. The molecule has 0 atom stereocenters. The van der Waals surface area contributed by atoms with E-state index in [0.29, 0.717) is 24.5 Å². The average Bonchev–Trinajstić information content (AvgIpc) is 2.91. The predicted molar refractivity (Wildman–Crippen MR) is 95.9 cm³/mol. The van der Waals surface area contributed by atoms with E-state index >= 15 is 0 Å². The fourth-order valence-electron chi connectivity index (χ4n) is 3.01. The van der Waals surface area contributed by atoms with Gasteiger partial charge in [-0.25, -0.2) is 0 Å². The molecule has 1 aliphatic heterocycles. The van der Waals surface area contributed by atoms with Gasteiger partial charge < -0.3 is 19.7 Å². The van der Waals surface area contributed by atoms with Crippen LogP contribution in [0.1, 0.15) is 37.7 Å². The number of carbonyl (C=O) groups is 2. The highest BCUT2D eigenvalue weighted by atomic mass is 16.5. The molecule has 0 radical (unpaired) electrons. The highest BCUT2D eigenvalue weighted by Crippen LogP contribution is 2.27. The van der Waals surface area contributed by atoms with Crippen molar-refractivity contribution >= 4 is 11.8 Å². The molecule has 1 aliphatic rings.